The molecule has 0 unspecified atom stereocenters. The molecule has 0 radical (unpaired) electrons. The Balaban J connectivity index is 1.55. The Hall–Kier alpha value is -4.49. The van der Waals surface area contributed by atoms with Gasteiger partial charge in [0.1, 0.15) is 10.8 Å². The minimum absolute atomic E-state index is 0.0506. The number of hydrogen-bond donors (Lipinski definition) is 2. The van der Waals surface area contributed by atoms with E-state index < -0.39 is 11.7 Å². The van der Waals surface area contributed by atoms with E-state index in [4.69, 9.17) is 21.6 Å². The first-order valence-electron chi connectivity index (χ1n) is 10.7. The highest BCUT2D eigenvalue weighted by Crippen LogP contribution is 2.28. The molecule has 2 N–H and O–H groups in total. The summed E-state index contributed by atoms with van der Waals surface area (Å²) in [6, 6.07) is 12.5. The molecule has 184 valence electrons. The molecule has 1 aromatic heterocycles. The summed E-state index contributed by atoms with van der Waals surface area (Å²) < 4.78 is 19.8. The summed E-state index contributed by atoms with van der Waals surface area (Å²) in [6.45, 7) is 3.98. The van der Waals surface area contributed by atoms with Gasteiger partial charge in [-0.05, 0) is 55.0 Å². The van der Waals surface area contributed by atoms with E-state index in [9.17, 15) is 14.0 Å². The summed E-state index contributed by atoms with van der Waals surface area (Å²) in [6.07, 6.45) is 2.93. The number of carbonyl (C=O) groups excluding carboxylic acids is 2. The van der Waals surface area contributed by atoms with Crippen LogP contribution in [0.25, 0.3) is 0 Å². The van der Waals surface area contributed by atoms with Gasteiger partial charge in [0.15, 0.2) is 5.82 Å². The highest BCUT2D eigenvalue weighted by molar-refractivity contribution is 6.32. The van der Waals surface area contributed by atoms with Gasteiger partial charge in [0.25, 0.3) is 5.91 Å². The van der Waals surface area contributed by atoms with Gasteiger partial charge >= 0.3 is 6.01 Å². The summed E-state index contributed by atoms with van der Waals surface area (Å²) in [5.41, 5.74) is 1.42. The molecule has 3 aromatic rings. The van der Waals surface area contributed by atoms with Crippen LogP contribution in [0.1, 0.15) is 22.3 Å². The number of ether oxygens (including phenoxy) is 1. The largest absolute Gasteiger partial charge is 0.463 e. The summed E-state index contributed by atoms with van der Waals surface area (Å²) in [4.78, 5) is 33.4. The van der Waals surface area contributed by atoms with Crippen molar-refractivity contribution in [1.29, 1.82) is 5.26 Å². The van der Waals surface area contributed by atoms with Crippen LogP contribution in [0.5, 0.6) is 6.01 Å². The van der Waals surface area contributed by atoms with Crippen molar-refractivity contribution in [3.8, 4) is 12.1 Å². The number of halogens is 2. The molecule has 11 heteroatoms. The Morgan fingerprint density at radius 3 is 2.72 bits per heavy atom. The summed E-state index contributed by atoms with van der Waals surface area (Å²) in [7, 11) is 1.43. The van der Waals surface area contributed by atoms with Gasteiger partial charge in [-0.15, -0.1) is 0 Å². The lowest BCUT2D eigenvalue weighted by Crippen LogP contribution is -2.25. The van der Waals surface area contributed by atoms with E-state index in [0.29, 0.717) is 29.8 Å². The van der Waals surface area contributed by atoms with Crippen molar-refractivity contribution in [2.75, 3.05) is 30.4 Å². The molecule has 9 nitrogen and oxygen atoms in total. The Morgan fingerprint density at radius 1 is 1.28 bits per heavy atom. The van der Waals surface area contributed by atoms with Gasteiger partial charge in [-0.25, -0.2) is 9.37 Å². The van der Waals surface area contributed by atoms with Crippen molar-refractivity contribution in [3.63, 3.8) is 0 Å². The summed E-state index contributed by atoms with van der Waals surface area (Å²) >= 11 is 6.19. The van der Waals surface area contributed by atoms with Crippen LogP contribution in [-0.2, 0) is 4.79 Å². The van der Waals surface area contributed by atoms with Gasteiger partial charge < -0.3 is 20.3 Å². The Bertz CT molecular complexity index is 1310. The Labute approximate surface area is 212 Å². The molecule has 2 aromatic carbocycles. The molecule has 0 bridgehead atoms. The fourth-order valence-corrected chi connectivity index (χ4v) is 3.12. The first-order chi connectivity index (χ1) is 17.3. The molecule has 3 rings (SSSR count). The minimum atomic E-state index is -0.581. The second kappa shape index (κ2) is 12.3. The first-order valence-corrected chi connectivity index (χ1v) is 11.1. The zero-order valence-electron chi connectivity index (χ0n) is 19.3. The third-order valence-corrected chi connectivity index (χ3v) is 5.19. The lowest BCUT2D eigenvalue weighted by atomic mass is 10.1. The molecular weight excluding hydrogens is 487 g/mol. The van der Waals surface area contributed by atoms with Gasteiger partial charge in [-0.1, -0.05) is 18.2 Å². The van der Waals surface area contributed by atoms with Crippen molar-refractivity contribution in [3.05, 3.63) is 83.3 Å². The van der Waals surface area contributed by atoms with Crippen LogP contribution in [0.3, 0.4) is 0 Å². The Kier molecular flexibility index (Phi) is 8.91. The van der Waals surface area contributed by atoms with Crippen molar-refractivity contribution in [1.82, 2.24) is 15.3 Å². The van der Waals surface area contributed by atoms with Crippen molar-refractivity contribution in [2.45, 2.75) is 6.42 Å². The van der Waals surface area contributed by atoms with Crippen LogP contribution in [0.2, 0.25) is 5.02 Å². The molecule has 0 aliphatic heterocycles. The second-order valence-corrected chi connectivity index (χ2v) is 7.80. The monoisotopic (exact) mass is 508 g/mol. The third kappa shape index (κ3) is 6.77. The van der Waals surface area contributed by atoms with Crippen molar-refractivity contribution in [2.24, 2.45) is 0 Å². The van der Waals surface area contributed by atoms with E-state index in [-0.39, 0.29) is 35.1 Å². The number of carbonyl (C=O) groups is 2. The normalized spacial score (nSPS) is 10.2. The number of likely N-dealkylation sites (N-methyl/N-ethyl adjacent to an activating group) is 1. The number of nitriles is 1. The van der Waals surface area contributed by atoms with Gasteiger partial charge in [-0.3, -0.25) is 9.59 Å². The maximum absolute atomic E-state index is 14.2. The van der Waals surface area contributed by atoms with Gasteiger partial charge in [0.05, 0.1) is 30.1 Å². The maximum Gasteiger partial charge on any atom is 0.318 e. The van der Waals surface area contributed by atoms with E-state index in [0.717, 1.165) is 11.0 Å². The number of aromatic nitrogens is 2. The fraction of sp³-hybridized carbons (Fsp3) is 0.160. The molecule has 0 saturated carbocycles. The number of rotatable bonds is 10. The predicted octanol–water partition coefficient (Wildman–Crippen LogP) is 4.23. The second-order valence-electron chi connectivity index (χ2n) is 7.39. The quantitative estimate of drug-likeness (QED) is 0.310. The zero-order chi connectivity index (χ0) is 26.1. The molecule has 0 aliphatic rings. The number of nitrogens with one attached hydrogen (secondary N) is 2. The number of amides is 2. The van der Waals surface area contributed by atoms with E-state index in [1.54, 1.807) is 24.3 Å². The van der Waals surface area contributed by atoms with Crippen LogP contribution in [-0.4, -0.2) is 42.0 Å². The summed E-state index contributed by atoms with van der Waals surface area (Å²) in [5, 5.41) is 14.8. The molecule has 36 heavy (non-hydrogen) atoms. The zero-order valence-corrected chi connectivity index (χ0v) is 20.1. The molecule has 0 fully saturated rings. The standard InChI is InChI=1S/C25H22ClFN6O3/c1-3-22(34)33(2)21-13-18(9-10-20(21)27)31-23-19(26)15-30-25(32-23)36-12-4-11-29-24(35)17-7-5-16(14-28)6-8-17/h3,5-10,13,15H,1,4,11-12H2,2H3,(H,29,35)(H,30,31,32). The molecule has 0 spiro atoms. The van der Waals surface area contributed by atoms with Gasteiger partial charge in [-0.2, -0.15) is 10.2 Å². The topological polar surface area (TPSA) is 120 Å². The molecule has 2 amide bonds. The van der Waals surface area contributed by atoms with Crippen LogP contribution >= 0.6 is 11.6 Å². The number of hydrogen-bond acceptors (Lipinski definition) is 7. The highest BCUT2D eigenvalue weighted by Gasteiger charge is 2.14. The first kappa shape index (κ1) is 26.1. The lowest BCUT2D eigenvalue weighted by molar-refractivity contribution is -0.113. The van der Waals surface area contributed by atoms with E-state index in [1.165, 1.54) is 31.4 Å². The molecule has 0 atom stereocenters. The number of benzene rings is 2. The van der Waals surface area contributed by atoms with Gasteiger partial charge in [0.2, 0.25) is 5.91 Å². The average Bonchev–Trinajstić information content (AvgIpc) is 2.90. The number of anilines is 3. The van der Waals surface area contributed by atoms with Crippen LogP contribution < -0.4 is 20.3 Å². The van der Waals surface area contributed by atoms with Gasteiger partial charge in [0, 0.05) is 24.8 Å². The predicted molar refractivity (Wildman–Crippen MR) is 134 cm³/mol. The highest BCUT2D eigenvalue weighted by atomic mass is 35.5. The fourth-order valence-electron chi connectivity index (χ4n) is 2.98. The third-order valence-electron chi connectivity index (χ3n) is 4.91. The average molecular weight is 509 g/mol. The van der Waals surface area contributed by atoms with Crippen LogP contribution in [0, 0.1) is 17.1 Å². The van der Waals surface area contributed by atoms with E-state index in [1.807, 2.05) is 6.07 Å². The van der Waals surface area contributed by atoms with Crippen molar-refractivity contribution < 1.29 is 18.7 Å². The SMILES string of the molecule is C=CC(=O)N(C)c1cc(Nc2nc(OCCCNC(=O)c3ccc(C#N)cc3)ncc2Cl)ccc1F. The Morgan fingerprint density at radius 2 is 2.03 bits per heavy atom. The van der Waals surface area contributed by atoms with Crippen molar-refractivity contribution >= 4 is 40.6 Å². The van der Waals surface area contributed by atoms with Crippen LogP contribution in [0.15, 0.2) is 61.3 Å². The molecule has 0 aliphatic carbocycles. The van der Waals surface area contributed by atoms with Crippen LogP contribution in [0.4, 0.5) is 21.6 Å². The molecule has 1 heterocycles. The van der Waals surface area contributed by atoms with E-state index in [2.05, 4.69) is 27.2 Å². The summed E-state index contributed by atoms with van der Waals surface area (Å²) in [5.74, 6) is -1.07. The lowest BCUT2D eigenvalue weighted by Gasteiger charge is -2.17. The molecule has 0 saturated heterocycles. The maximum atomic E-state index is 14.2. The smallest absolute Gasteiger partial charge is 0.318 e. The minimum Gasteiger partial charge on any atom is -0.463 e. The van der Waals surface area contributed by atoms with E-state index >= 15 is 0 Å². The molecular formula is C25H22ClFN6O3. The number of nitrogens with zero attached hydrogens (tertiary/aromatic N) is 4.